The first-order valence-corrected chi connectivity index (χ1v) is 11.9. The minimum absolute atomic E-state index is 0.153. The highest BCUT2D eigenvalue weighted by Crippen LogP contribution is 2.34. The second kappa shape index (κ2) is 9.22. The molecule has 34 heavy (non-hydrogen) atoms. The van der Waals surface area contributed by atoms with Gasteiger partial charge < -0.3 is 0 Å². The molecule has 3 aromatic heterocycles. The molecule has 174 valence electrons. The Morgan fingerprint density at radius 1 is 0.912 bits per heavy atom. The lowest BCUT2D eigenvalue weighted by Gasteiger charge is -2.15. The number of anilines is 1. The lowest BCUT2D eigenvalue weighted by atomic mass is 9.98. The van der Waals surface area contributed by atoms with Gasteiger partial charge in [0.2, 0.25) is 0 Å². The summed E-state index contributed by atoms with van der Waals surface area (Å²) in [5.74, 6) is -2.06. The first kappa shape index (κ1) is 23.4. The van der Waals surface area contributed by atoms with E-state index in [9.17, 15) is 17.2 Å². The highest BCUT2D eigenvalue weighted by atomic mass is 32.2. The van der Waals surface area contributed by atoms with Gasteiger partial charge in [0.1, 0.15) is 22.9 Å². The summed E-state index contributed by atoms with van der Waals surface area (Å²) in [7, 11) is -4.34. The number of sulfonamides is 1. The van der Waals surface area contributed by atoms with E-state index in [4.69, 9.17) is 0 Å². The number of hydrogen-bond donors (Lipinski definition) is 1. The topological polar surface area (TPSA) is 97.7 Å². The molecule has 0 aliphatic heterocycles. The first-order chi connectivity index (χ1) is 16.2. The van der Waals surface area contributed by atoms with E-state index >= 15 is 0 Å². The monoisotopic (exact) mass is 481 g/mol. The van der Waals surface area contributed by atoms with E-state index in [1.807, 2.05) is 26.0 Å². The van der Waals surface area contributed by atoms with Crippen LogP contribution in [-0.4, -0.2) is 28.4 Å². The van der Waals surface area contributed by atoms with Gasteiger partial charge in [0.05, 0.1) is 22.8 Å². The van der Waals surface area contributed by atoms with E-state index in [-0.39, 0.29) is 5.69 Å². The molecule has 0 fully saturated rings. The van der Waals surface area contributed by atoms with Crippen molar-refractivity contribution < 1.29 is 17.2 Å². The van der Waals surface area contributed by atoms with Gasteiger partial charge in [-0.25, -0.2) is 27.2 Å². The van der Waals surface area contributed by atoms with Crippen LogP contribution in [0.5, 0.6) is 0 Å². The van der Waals surface area contributed by atoms with E-state index in [0.29, 0.717) is 35.0 Å². The highest BCUT2D eigenvalue weighted by Gasteiger charge is 2.22. The van der Waals surface area contributed by atoms with Gasteiger partial charge >= 0.3 is 0 Å². The summed E-state index contributed by atoms with van der Waals surface area (Å²) >= 11 is 0. The van der Waals surface area contributed by atoms with Crippen molar-refractivity contribution in [3.63, 3.8) is 0 Å². The molecule has 1 N–H and O–H groups in total. The summed E-state index contributed by atoms with van der Waals surface area (Å²) in [6.45, 7) is 5.45. The summed E-state index contributed by atoms with van der Waals surface area (Å²) in [5.41, 5.74) is 4.81. The molecule has 0 aliphatic rings. The molecule has 4 rings (SSSR count). The van der Waals surface area contributed by atoms with Gasteiger partial charge in [-0.15, -0.1) is 0 Å². The molecule has 0 spiro atoms. The van der Waals surface area contributed by atoms with Crippen LogP contribution in [0.25, 0.3) is 22.4 Å². The van der Waals surface area contributed by atoms with Gasteiger partial charge in [0.15, 0.2) is 0 Å². The number of benzene rings is 1. The Kier molecular flexibility index (Phi) is 6.34. The van der Waals surface area contributed by atoms with Crippen molar-refractivity contribution in [3.8, 4) is 22.4 Å². The number of aromatic nitrogens is 4. The Morgan fingerprint density at radius 3 is 2.35 bits per heavy atom. The SMILES string of the molecule is CCc1ncnc(-c2ccc(C)nc2)c1-c1cnc(C)c(NS(=O)(=O)c2ccc(F)cc2F)c1. The Bertz CT molecular complexity index is 1480. The van der Waals surface area contributed by atoms with Crippen LogP contribution in [0.3, 0.4) is 0 Å². The van der Waals surface area contributed by atoms with Gasteiger partial charge in [0, 0.05) is 40.8 Å². The number of nitrogens with zero attached hydrogens (tertiary/aromatic N) is 4. The van der Waals surface area contributed by atoms with Gasteiger partial charge in [-0.05, 0) is 50.6 Å². The van der Waals surface area contributed by atoms with Crippen molar-refractivity contribution in [2.45, 2.75) is 32.1 Å². The number of aryl methyl sites for hydroxylation is 3. The summed E-state index contributed by atoms with van der Waals surface area (Å²) in [6, 6.07) is 7.66. The van der Waals surface area contributed by atoms with Crippen LogP contribution in [0, 0.1) is 25.5 Å². The van der Waals surface area contributed by atoms with Crippen LogP contribution >= 0.6 is 0 Å². The zero-order chi connectivity index (χ0) is 24.5. The second-order valence-corrected chi connectivity index (χ2v) is 9.27. The predicted molar refractivity (Wildman–Crippen MR) is 125 cm³/mol. The van der Waals surface area contributed by atoms with E-state index < -0.39 is 26.6 Å². The molecule has 1 aromatic carbocycles. The molecule has 0 aliphatic carbocycles. The zero-order valence-corrected chi connectivity index (χ0v) is 19.5. The lowest BCUT2D eigenvalue weighted by Crippen LogP contribution is -2.16. The molecule has 4 aromatic rings. The Hall–Kier alpha value is -3.79. The van der Waals surface area contributed by atoms with Crippen LogP contribution in [-0.2, 0) is 16.4 Å². The average molecular weight is 482 g/mol. The minimum Gasteiger partial charge on any atom is -0.278 e. The van der Waals surface area contributed by atoms with Crippen molar-refractivity contribution >= 4 is 15.7 Å². The number of halogens is 2. The third kappa shape index (κ3) is 4.62. The molecule has 10 heteroatoms. The average Bonchev–Trinajstić information content (AvgIpc) is 2.80. The first-order valence-electron chi connectivity index (χ1n) is 10.4. The Labute approximate surface area is 196 Å². The molecule has 0 saturated carbocycles. The quantitative estimate of drug-likeness (QED) is 0.422. The molecule has 7 nitrogen and oxygen atoms in total. The maximum absolute atomic E-state index is 14.2. The van der Waals surface area contributed by atoms with E-state index in [1.165, 1.54) is 6.33 Å². The van der Waals surface area contributed by atoms with Gasteiger partial charge in [-0.3, -0.25) is 14.7 Å². The van der Waals surface area contributed by atoms with Crippen LogP contribution in [0.15, 0.2) is 60.0 Å². The van der Waals surface area contributed by atoms with E-state index in [2.05, 4.69) is 24.7 Å². The lowest BCUT2D eigenvalue weighted by molar-refractivity contribution is 0.551. The van der Waals surface area contributed by atoms with Crippen molar-refractivity contribution in [1.29, 1.82) is 0 Å². The fraction of sp³-hybridized carbons (Fsp3) is 0.167. The zero-order valence-electron chi connectivity index (χ0n) is 18.7. The Morgan fingerprint density at radius 2 is 1.68 bits per heavy atom. The summed E-state index contributed by atoms with van der Waals surface area (Å²) < 4.78 is 55.5. The molecule has 0 unspecified atom stereocenters. The normalized spacial score (nSPS) is 11.4. The summed E-state index contributed by atoms with van der Waals surface area (Å²) in [5, 5.41) is 0. The number of pyridine rings is 2. The molecular weight excluding hydrogens is 460 g/mol. The molecule has 0 amide bonds. The van der Waals surface area contributed by atoms with Crippen LogP contribution < -0.4 is 4.72 Å². The van der Waals surface area contributed by atoms with Crippen molar-refractivity contribution in [1.82, 2.24) is 19.9 Å². The molecule has 3 heterocycles. The van der Waals surface area contributed by atoms with Crippen molar-refractivity contribution in [2.75, 3.05) is 4.72 Å². The Balaban J connectivity index is 1.82. The van der Waals surface area contributed by atoms with E-state index in [0.717, 1.165) is 29.1 Å². The van der Waals surface area contributed by atoms with Crippen molar-refractivity contribution in [2.24, 2.45) is 0 Å². The minimum atomic E-state index is -4.34. The summed E-state index contributed by atoms with van der Waals surface area (Å²) in [6.07, 6.45) is 5.39. The largest absolute Gasteiger partial charge is 0.278 e. The number of rotatable bonds is 6. The third-order valence-corrected chi connectivity index (χ3v) is 6.65. The van der Waals surface area contributed by atoms with Crippen LogP contribution in [0.1, 0.15) is 24.0 Å². The smallest absolute Gasteiger partial charge is 0.264 e. The van der Waals surface area contributed by atoms with Gasteiger partial charge in [-0.2, -0.15) is 0 Å². The fourth-order valence-corrected chi connectivity index (χ4v) is 4.66. The molecule has 0 radical (unpaired) electrons. The standard InChI is InChI=1S/C24H21F2N5O2S/c1-4-20-23(24(30-13-29-20)16-6-5-14(2)27-11-16)17-9-21(15(3)28-12-17)31-34(32,33)22-8-7-18(25)10-19(22)26/h5-13,31H,4H2,1-3H3. The maximum Gasteiger partial charge on any atom is 0.264 e. The molecule has 0 atom stereocenters. The maximum atomic E-state index is 14.2. The van der Waals surface area contributed by atoms with Gasteiger partial charge in [0.25, 0.3) is 10.0 Å². The van der Waals surface area contributed by atoms with E-state index in [1.54, 1.807) is 25.4 Å². The predicted octanol–water partition coefficient (Wildman–Crippen LogP) is 4.86. The molecular formula is C24H21F2N5O2S. The second-order valence-electron chi connectivity index (χ2n) is 7.62. The molecule has 0 saturated heterocycles. The van der Waals surface area contributed by atoms with Gasteiger partial charge in [-0.1, -0.05) is 6.92 Å². The van der Waals surface area contributed by atoms with Crippen molar-refractivity contribution in [3.05, 3.63) is 83.8 Å². The van der Waals surface area contributed by atoms with Crippen LogP contribution in [0.4, 0.5) is 14.5 Å². The fourth-order valence-electron chi connectivity index (χ4n) is 3.49. The molecule has 0 bridgehead atoms. The third-order valence-electron chi connectivity index (χ3n) is 5.25. The van der Waals surface area contributed by atoms with Crippen LogP contribution in [0.2, 0.25) is 0 Å². The highest BCUT2D eigenvalue weighted by molar-refractivity contribution is 7.92. The number of nitrogens with one attached hydrogen (secondary N) is 1. The summed E-state index contributed by atoms with van der Waals surface area (Å²) in [4.78, 5) is 16.9. The number of hydrogen-bond acceptors (Lipinski definition) is 6.